The lowest BCUT2D eigenvalue weighted by Gasteiger charge is -2.29. The normalized spacial score (nSPS) is 26.4. The monoisotopic (exact) mass is 449 g/mol. The van der Waals surface area contributed by atoms with Crippen molar-refractivity contribution in [2.24, 2.45) is 5.92 Å². The second-order valence-electron chi connectivity index (χ2n) is 8.83. The van der Waals surface area contributed by atoms with Crippen molar-refractivity contribution in [1.82, 2.24) is 9.78 Å². The molecule has 1 N–H and O–H groups in total. The second kappa shape index (κ2) is 9.27. The number of aromatic nitrogens is 2. The molecular formula is C23H29ClFN3O3. The Morgan fingerprint density at radius 2 is 2.10 bits per heavy atom. The molecule has 2 aliphatic rings. The van der Waals surface area contributed by atoms with Crippen LogP contribution in [-0.4, -0.2) is 41.3 Å². The van der Waals surface area contributed by atoms with Crippen LogP contribution in [0.4, 0.5) is 10.1 Å². The second-order valence-corrected chi connectivity index (χ2v) is 9.20. The van der Waals surface area contributed by atoms with Crippen molar-refractivity contribution >= 4 is 17.3 Å². The van der Waals surface area contributed by atoms with Crippen LogP contribution in [0.25, 0.3) is 5.69 Å². The molecule has 4 rings (SSSR count). The quantitative estimate of drug-likeness (QED) is 0.692. The predicted octanol–water partition coefficient (Wildman–Crippen LogP) is 4.69. The van der Waals surface area contributed by atoms with Crippen LogP contribution < -0.4 is 10.9 Å². The topological polar surface area (TPSA) is 65.4 Å². The highest BCUT2D eigenvalue weighted by Gasteiger charge is 2.33. The van der Waals surface area contributed by atoms with Crippen molar-refractivity contribution in [2.45, 2.75) is 57.4 Å². The average Bonchev–Trinajstić information content (AvgIpc) is 3.26. The van der Waals surface area contributed by atoms with E-state index in [4.69, 9.17) is 21.1 Å². The SMILES string of the molecule is CC(C)[C@H]1CC[C@H](c2ccc(-n3ncc(NCC4(F)CCCOC4)c(Cl)c3=O)cc2)O1. The number of benzene rings is 1. The van der Waals surface area contributed by atoms with Gasteiger partial charge in [-0.15, -0.1) is 0 Å². The van der Waals surface area contributed by atoms with Gasteiger partial charge in [0, 0.05) is 6.61 Å². The van der Waals surface area contributed by atoms with Gasteiger partial charge in [-0.2, -0.15) is 9.78 Å². The van der Waals surface area contributed by atoms with Crippen molar-refractivity contribution in [1.29, 1.82) is 0 Å². The number of ether oxygens (including phenoxy) is 2. The Balaban J connectivity index is 1.46. The van der Waals surface area contributed by atoms with Crippen molar-refractivity contribution in [3.05, 3.63) is 51.4 Å². The van der Waals surface area contributed by atoms with Crippen LogP contribution in [0.3, 0.4) is 0 Å². The van der Waals surface area contributed by atoms with E-state index in [1.165, 1.54) is 10.9 Å². The molecule has 31 heavy (non-hydrogen) atoms. The van der Waals surface area contributed by atoms with Gasteiger partial charge in [0.15, 0.2) is 5.67 Å². The van der Waals surface area contributed by atoms with E-state index in [9.17, 15) is 9.18 Å². The first-order valence-corrected chi connectivity index (χ1v) is 11.3. The van der Waals surface area contributed by atoms with Gasteiger partial charge in [0.2, 0.25) is 0 Å². The molecule has 6 nitrogen and oxygen atoms in total. The molecule has 2 saturated heterocycles. The van der Waals surface area contributed by atoms with Gasteiger partial charge in [0.1, 0.15) is 5.02 Å². The number of alkyl halides is 1. The molecule has 0 saturated carbocycles. The van der Waals surface area contributed by atoms with Gasteiger partial charge in [-0.05, 0) is 49.3 Å². The summed E-state index contributed by atoms with van der Waals surface area (Å²) < 4.78 is 27.3. The van der Waals surface area contributed by atoms with Crippen LogP contribution in [0, 0.1) is 5.92 Å². The van der Waals surface area contributed by atoms with Crippen LogP contribution in [0.15, 0.2) is 35.3 Å². The van der Waals surface area contributed by atoms with Crippen molar-refractivity contribution in [3.8, 4) is 5.69 Å². The first-order valence-electron chi connectivity index (χ1n) is 10.9. The maximum Gasteiger partial charge on any atom is 0.292 e. The number of rotatable bonds is 6. The molecule has 3 heterocycles. The number of hydrogen-bond donors (Lipinski definition) is 1. The number of nitrogens with zero attached hydrogens (tertiary/aromatic N) is 2. The minimum Gasteiger partial charge on any atom is -0.379 e. The number of halogens is 2. The van der Waals surface area contributed by atoms with E-state index >= 15 is 0 Å². The fraction of sp³-hybridized carbons (Fsp3) is 0.565. The summed E-state index contributed by atoms with van der Waals surface area (Å²) in [5.74, 6) is 0.499. The zero-order valence-electron chi connectivity index (χ0n) is 17.9. The molecule has 2 aromatic rings. The number of anilines is 1. The Labute approximate surface area is 186 Å². The molecule has 2 fully saturated rings. The molecule has 1 aromatic carbocycles. The van der Waals surface area contributed by atoms with Crippen LogP contribution in [0.2, 0.25) is 5.02 Å². The molecule has 1 aromatic heterocycles. The van der Waals surface area contributed by atoms with E-state index in [0.717, 1.165) is 18.4 Å². The third-order valence-corrected chi connectivity index (χ3v) is 6.46. The highest BCUT2D eigenvalue weighted by atomic mass is 35.5. The molecule has 0 radical (unpaired) electrons. The largest absolute Gasteiger partial charge is 0.379 e. The highest BCUT2D eigenvalue weighted by Crippen LogP contribution is 2.35. The van der Waals surface area contributed by atoms with Crippen molar-refractivity contribution < 1.29 is 13.9 Å². The van der Waals surface area contributed by atoms with Crippen molar-refractivity contribution in [2.75, 3.05) is 25.1 Å². The lowest BCUT2D eigenvalue weighted by Crippen LogP contribution is -2.40. The van der Waals surface area contributed by atoms with E-state index in [1.54, 1.807) is 0 Å². The summed E-state index contributed by atoms with van der Waals surface area (Å²) in [5, 5.41) is 7.14. The van der Waals surface area contributed by atoms with E-state index in [1.807, 2.05) is 24.3 Å². The summed E-state index contributed by atoms with van der Waals surface area (Å²) in [6, 6.07) is 7.62. The summed E-state index contributed by atoms with van der Waals surface area (Å²) in [6.07, 6.45) is 4.96. The summed E-state index contributed by atoms with van der Waals surface area (Å²) in [7, 11) is 0. The van der Waals surface area contributed by atoms with E-state index in [0.29, 0.717) is 36.7 Å². The molecule has 0 amide bonds. The fourth-order valence-electron chi connectivity index (χ4n) is 4.18. The zero-order valence-corrected chi connectivity index (χ0v) is 18.7. The Bertz CT molecular complexity index is 958. The molecule has 0 aliphatic carbocycles. The maximum atomic E-state index is 14.7. The van der Waals surface area contributed by atoms with Gasteiger partial charge in [-0.25, -0.2) is 4.39 Å². The predicted molar refractivity (Wildman–Crippen MR) is 119 cm³/mol. The van der Waals surface area contributed by atoms with Crippen LogP contribution in [-0.2, 0) is 9.47 Å². The average molecular weight is 450 g/mol. The molecule has 0 bridgehead atoms. The standard InChI is InChI=1S/C23H29ClFN3O3/c1-15(2)19-8-9-20(31-19)16-4-6-17(7-5-16)28-22(29)21(24)18(12-27-28)26-13-23(25)10-3-11-30-14-23/h4-7,12,15,19-20,26H,3,8-11,13-14H2,1-2H3/t19-,20-,23?/m1/s1. The van der Waals surface area contributed by atoms with Crippen LogP contribution in [0.5, 0.6) is 0 Å². The smallest absolute Gasteiger partial charge is 0.292 e. The summed E-state index contributed by atoms with van der Waals surface area (Å²) in [6.45, 7) is 4.98. The molecule has 168 valence electrons. The summed E-state index contributed by atoms with van der Waals surface area (Å²) in [5.41, 5.74) is 0.101. The Morgan fingerprint density at radius 3 is 2.74 bits per heavy atom. The van der Waals surface area contributed by atoms with Gasteiger partial charge in [-0.3, -0.25) is 4.79 Å². The summed E-state index contributed by atoms with van der Waals surface area (Å²) >= 11 is 6.28. The first-order chi connectivity index (χ1) is 14.9. The first kappa shape index (κ1) is 22.2. The minimum absolute atomic E-state index is 0.0155. The number of nitrogens with one attached hydrogen (secondary N) is 1. The molecule has 2 aliphatic heterocycles. The van der Waals surface area contributed by atoms with E-state index in [-0.39, 0.29) is 30.4 Å². The van der Waals surface area contributed by atoms with Crippen LogP contribution in [0.1, 0.15) is 51.2 Å². The molecular weight excluding hydrogens is 421 g/mol. The van der Waals surface area contributed by atoms with E-state index in [2.05, 4.69) is 24.3 Å². The third-order valence-electron chi connectivity index (χ3n) is 6.09. The van der Waals surface area contributed by atoms with Gasteiger partial charge in [0.05, 0.1) is 42.9 Å². The molecule has 3 atom stereocenters. The highest BCUT2D eigenvalue weighted by molar-refractivity contribution is 6.32. The van der Waals surface area contributed by atoms with Crippen LogP contribution >= 0.6 is 11.6 Å². The number of hydrogen-bond acceptors (Lipinski definition) is 5. The lowest BCUT2D eigenvalue weighted by atomic mass is 9.99. The molecule has 1 unspecified atom stereocenters. The maximum absolute atomic E-state index is 14.7. The van der Waals surface area contributed by atoms with Gasteiger partial charge < -0.3 is 14.8 Å². The Kier molecular flexibility index (Phi) is 6.65. The van der Waals surface area contributed by atoms with Gasteiger partial charge >= 0.3 is 0 Å². The third kappa shape index (κ3) is 4.94. The Morgan fingerprint density at radius 1 is 1.32 bits per heavy atom. The van der Waals surface area contributed by atoms with E-state index < -0.39 is 11.2 Å². The van der Waals surface area contributed by atoms with Crippen molar-refractivity contribution in [3.63, 3.8) is 0 Å². The molecule has 8 heteroatoms. The molecule has 0 spiro atoms. The van der Waals surface area contributed by atoms with Gasteiger partial charge in [0.25, 0.3) is 5.56 Å². The fourth-order valence-corrected chi connectivity index (χ4v) is 4.38. The Hall–Kier alpha value is -1.96. The van der Waals surface area contributed by atoms with Gasteiger partial charge in [-0.1, -0.05) is 37.6 Å². The summed E-state index contributed by atoms with van der Waals surface area (Å²) in [4.78, 5) is 12.8. The lowest BCUT2D eigenvalue weighted by molar-refractivity contribution is -0.0234. The minimum atomic E-state index is -1.47. The zero-order chi connectivity index (χ0) is 22.0.